The number of thiocarbonyl (C=S) groups is 1. The van der Waals surface area contributed by atoms with Gasteiger partial charge in [-0.15, -0.1) is 0 Å². The Balaban J connectivity index is 3.17. The molecule has 0 aliphatic rings. The van der Waals surface area contributed by atoms with E-state index in [0.29, 0.717) is 0 Å². The Kier molecular flexibility index (Phi) is 3.50. The molecule has 0 aromatic carbocycles. The van der Waals surface area contributed by atoms with E-state index in [0.717, 1.165) is 11.4 Å². The Hall–Kier alpha value is -0.440. The molecule has 0 heterocycles. The van der Waals surface area contributed by atoms with E-state index in [2.05, 4.69) is 17.2 Å². The Morgan fingerprint density at radius 3 is 2.71 bits per heavy atom. The summed E-state index contributed by atoms with van der Waals surface area (Å²) in [5.74, 6) is 0. The molecule has 0 amide bonds. The molecule has 7 heavy (non-hydrogen) atoms. The van der Waals surface area contributed by atoms with Crippen LogP contribution in [-0.4, -0.2) is 11.7 Å². The van der Waals surface area contributed by atoms with E-state index in [-0.39, 0.29) is 0 Å². The van der Waals surface area contributed by atoms with Gasteiger partial charge in [-0.2, -0.15) is 5.10 Å². The molecule has 0 saturated carbocycles. The first-order valence-electron chi connectivity index (χ1n) is 2.05. The van der Waals surface area contributed by atoms with Crippen LogP contribution in [0.4, 0.5) is 0 Å². The minimum atomic E-state index is 0.731. The van der Waals surface area contributed by atoms with E-state index < -0.39 is 0 Å². The molecule has 0 aromatic heterocycles. The van der Waals surface area contributed by atoms with Gasteiger partial charge in [-0.25, -0.2) is 0 Å². The Morgan fingerprint density at radius 2 is 2.57 bits per heavy atom. The zero-order valence-corrected chi connectivity index (χ0v) is 5.09. The van der Waals surface area contributed by atoms with Crippen LogP contribution in [0.1, 0.15) is 13.3 Å². The molecule has 0 unspecified atom stereocenters. The van der Waals surface area contributed by atoms with Crippen molar-refractivity contribution in [3.05, 3.63) is 0 Å². The monoisotopic (exact) mass is 116 g/mol. The number of nitrogens with zero attached hydrogens (tertiary/aromatic N) is 1. The lowest BCUT2D eigenvalue weighted by Crippen LogP contribution is -2.11. The minimum Gasteiger partial charge on any atom is -0.272 e. The van der Waals surface area contributed by atoms with Crippen LogP contribution >= 0.6 is 12.2 Å². The first-order chi connectivity index (χ1) is 3.31. The van der Waals surface area contributed by atoms with Crippen LogP contribution in [0, 0.1) is 0 Å². The second-order valence-electron chi connectivity index (χ2n) is 1.05. The molecular formula is C4H8N2S. The Bertz CT molecular complexity index is 79.8. The summed E-state index contributed by atoms with van der Waals surface area (Å²) >= 11 is 4.71. The van der Waals surface area contributed by atoms with Crippen LogP contribution in [0.3, 0.4) is 0 Å². The minimum absolute atomic E-state index is 0.731. The van der Waals surface area contributed by atoms with Crippen molar-refractivity contribution < 1.29 is 0 Å². The summed E-state index contributed by atoms with van der Waals surface area (Å²) in [5, 5.41) is 3.37. The zero-order valence-electron chi connectivity index (χ0n) is 4.27. The van der Waals surface area contributed by atoms with Crippen molar-refractivity contribution >= 4 is 23.9 Å². The molecule has 2 nitrogen and oxygen atoms in total. The van der Waals surface area contributed by atoms with Gasteiger partial charge in [0.25, 0.3) is 0 Å². The van der Waals surface area contributed by atoms with Gasteiger partial charge in [0.05, 0.1) is 4.99 Å². The average Bonchev–Trinajstić information content (AvgIpc) is 1.68. The maximum atomic E-state index is 4.71. The third-order valence-corrected chi connectivity index (χ3v) is 0.905. The van der Waals surface area contributed by atoms with Gasteiger partial charge in [-0.05, 0) is 6.42 Å². The molecule has 0 aliphatic heterocycles. The largest absolute Gasteiger partial charge is 0.272 e. The first kappa shape index (κ1) is 6.56. The van der Waals surface area contributed by atoms with E-state index in [9.17, 15) is 0 Å². The summed E-state index contributed by atoms with van der Waals surface area (Å²) in [6.45, 7) is 5.16. The molecule has 0 spiro atoms. The summed E-state index contributed by atoms with van der Waals surface area (Å²) in [7, 11) is 0. The quantitative estimate of drug-likeness (QED) is 0.330. The molecule has 0 aliphatic carbocycles. The molecule has 1 N–H and O–H groups in total. The molecule has 0 aromatic rings. The SMILES string of the molecule is C=NNC(=S)CC. The van der Waals surface area contributed by atoms with Crippen molar-refractivity contribution in [1.82, 2.24) is 5.43 Å². The van der Waals surface area contributed by atoms with E-state index in [1.165, 1.54) is 0 Å². The van der Waals surface area contributed by atoms with Crippen molar-refractivity contribution in [2.24, 2.45) is 5.10 Å². The van der Waals surface area contributed by atoms with Crippen molar-refractivity contribution in [1.29, 1.82) is 0 Å². The number of rotatable bonds is 2. The normalized spacial score (nSPS) is 7.57. The molecule has 0 rings (SSSR count). The lowest BCUT2D eigenvalue weighted by molar-refractivity contribution is 1.02. The van der Waals surface area contributed by atoms with Crippen LogP contribution < -0.4 is 5.43 Å². The van der Waals surface area contributed by atoms with Crippen molar-refractivity contribution in [2.45, 2.75) is 13.3 Å². The lowest BCUT2D eigenvalue weighted by Gasteiger charge is -1.92. The van der Waals surface area contributed by atoms with Crippen LogP contribution in [-0.2, 0) is 0 Å². The lowest BCUT2D eigenvalue weighted by atomic mass is 10.5. The van der Waals surface area contributed by atoms with Gasteiger partial charge in [0.2, 0.25) is 0 Å². The van der Waals surface area contributed by atoms with Crippen molar-refractivity contribution in [2.75, 3.05) is 0 Å². The highest BCUT2D eigenvalue weighted by Crippen LogP contribution is 1.76. The highest BCUT2D eigenvalue weighted by molar-refractivity contribution is 7.80. The summed E-state index contributed by atoms with van der Waals surface area (Å²) < 4.78 is 0. The van der Waals surface area contributed by atoms with Gasteiger partial charge >= 0.3 is 0 Å². The molecule has 0 radical (unpaired) electrons. The van der Waals surface area contributed by atoms with Crippen LogP contribution in [0.2, 0.25) is 0 Å². The van der Waals surface area contributed by atoms with Gasteiger partial charge < -0.3 is 0 Å². The van der Waals surface area contributed by atoms with Gasteiger partial charge in [0, 0.05) is 6.72 Å². The molecule has 0 fully saturated rings. The fraction of sp³-hybridized carbons (Fsp3) is 0.500. The summed E-state index contributed by atoms with van der Waals surface area (Å²) in [6.07, 6.45) is 0.828. The molecule has 0 bridgehead atoms. The Labute approximate surface area is 48.6 Å². The van der Waals surface area contributed by atoms with E-state index in [1.807, 2.05) is 6.92 Å². The smallest absolute Gasteiger partial charge is 0.0958 e. The predicted octanol–water partition coefficient (Wildman–Crippen LogP) is 0.929. The summed E-state index contributed by atoms with van der Waals surface area (Å²) in [4.78, 5) is 0.731. The van der Waals surface area contributed by atoms with Crippen molar-refractivity contribution in [3.8, 4) is 0 Å². The highest BCUT2D eigenvalue weighted by atomic mass is 32.1. The molecule has 40 valence electrons. The highest BCUT2D eigenvalue weighted by Gasteiger charge is 1.81. The fourth-order valence-electron chi connectivity index (χ4n) is 0.167. The molecular weight excluding hydrogens is 108 g/mol. The first-order valence-corrected chi connectivity index (χ1v) is 2.46. The van der Waals surface area contributed by atoms with Crippen LogP contribution in [0.15, 0.2) is 5.10 Å². The number of nitrogens with one attached hydrogen (secondary N) is 1. The average molecular weight is 116 g/mol. The van der Waals surface area contributed by atoms with Gasteiger partial charge in [-0.3, -0.25) is 5.43 Å². The standard InChI is InChI=1S/C4H8N2S/c1-3-4(7)6-5-2/h2-3H2,1H3,(H,6,7). The molecule has 3 heteroatoms. The third kappa shape index (κ3) is 3.39. The second kappa shape index (κ2) is 3.74. The third-order valence-electron chi connectivity index (χ3n) is 0.525. The number of hydrogen-bond donors (Lipinski definition) is 1. The van der Waals surface area contributed by atoms with Crippen molar-refractivity contribution in [3.63, 3.8) is 0 Å². The fourth-order valence-corrected chi connectivity index (χ4v) is 0.232. The summed E-state index contributed by atoms with van der Waals surface area (Å²) in [6, 6.07) is 0. The van der Waals surface area contributed by atoms with Crippen LogP contribution in [0.25, 0.3) is 0 Å². The predicted molar refractivity (Wildman–Crippen MR) is 35.6 cm³/mol. The van der Waals surface area contributed by atoms with Gasteiger partial charge in [0.1, 0.15) is 0 Å². The number of hydrazone groups is 1. The van der Waals surface area contributed by atoms with E-state index in [4.69, 9.17) is 12.2 Å². The van der Waals surface area contributed by atoms with Gasteiger partial charge in [0.15, 0.2) is 0 Å². The van der Waals surface area contributed by atoms with E-state index in [1.54, 1.807) is 0 Å². The maximum absolute atomic E-state index is 4.71. The van der Waals surface area contributed by atoms with Gasteiger partial charge in [-0.1, -0.05) is 19.1 Å². The maximum Gasteiger partial charge on any atom is 0.0958 e. The zero-order chi connectivity index (χ0) is 5.70. The Morgan fingerprint density at radius 1 is 2.00 bits per heavy atom. The van der Waals surface area contributed by atoms with E-state index >= 15 is 0 Å². The molecule has 0 saturated heterocycles. The summed E-state index contributed by atoms with van der Waals surface area (Å²) in [5.41, 5.74) is 2.54. The second-order valence-corrected chi connectivity index (χ2v) is 1.54. The topological polar surface area (TPSA) is 24.4 Å². The molecule has 0 atom stereocenters. The van der Waals surface area contributed by atoms with Crippen LogP contribution in [0.5, 0.6) is 0 Å². The number of hydrogen-bond acceptors (Lipinski definition) is 2.